The van der Waals surface area contributed by atoms with Crippen molar-refractivity contribution in [3.05, 3.63) is 83.4 Å². The molecule has 1 unspecified atom stereocenters. The number of fused-ring (bicyclic) bond motifs is 3. The van der Waals surface area contributed by atoms with Crippen LogP contribution in [0.3, 0.4) is 0 Å². The van der Waals surface area contributed by atoms with Crippen LogP contribution in [0, 0.1) is 0 Å². The summed E-state index contributed by atoms with van der Waals surface area (Å²) in [5, 5.41) is 23.9. The van der Waals surface area contributed by atoms with Crippen molar-refractivity contribution in [1.82, 2.24) is 5.32 Å². The fraction of sp³-hybridized carbons (Fsp3) is 0.192. The number of benzene rings is 3. The largest absolute Gasteiger partial charge is 0.507 e. The van der Waals surface area contributed by atoms with Crippen molar-refractivity contribution >= 4 is 23.7 Å². The number of carboxylic acid groups (broad SMARTS) is 1. The fourth-order valence-corrected chi connectivity index (χ4v) is 4.15. The van der Waals surface area contributed by atoms with Gasteiger partial charge in [0.25, 0.3) is 0 Å². The van der Waals surface area contributed by atoms with Crippen molar-refractivity contribution in [2.75, 3.05) is 11.9 Å². The third kappa shape index (κ3) is 4.56. The van der Waals surface area contributed by atoms with Gasteiger partial charge in [-0.2, -0.15) is 0 Å². The van der Waals surface area contributed by atoms with E-state index in [4.69, 9.17) is 9.84 Å². The van der Waals surface area contributed by atoms with E-state index in [9.17, 15) is 19.5 Å². The molecule has 0 saturated heterocycles. The minimum atomic E-state index is -1.28. The van der Waals surface area contributed by atoms with Gasteiger partial charge in [-0.15, -0.1) is 0 Å². The Morgan fingerprint density at radius 1 is 0.971 bits per heavy atom. The van der Waals surface area contributed by atoms with Crippen molar-refractivity contribution in [3.63, 3.8) is 0 Å². The highest BCUT2D eigenvalue weighted by atomic mass is 16.5. The van der Waals surface area contributed by atoms with E-state index in [0.717, 1.165) is 28.3 Å². The summed E-state index contributed by atoms with van der Waals surface area (Å²) >= 11 is 0. The number of carboxylic acids is 1. The molecule has 0 radical (unpaired) electrons. The average molecular weight is 460 g/mol. The zero-order chi connectivity index (χ0) is 24.2. The second-order valence-electron chi connectivity index (χ2n) is 7.96. The summed E-state index contributed by atoms with van der Waals surface area (Å²) in [5.41, 5.74) is 4.35. The molecule has 4 N–H and O–H groups in total. The first-order chi connectivity index (χ1) is 16.4. The lowest BCUT2D eigenvalue weighted by molar-refractivity contribution is -0.118. The summed E-state index contributed by atoms with van der Waals surface area (Å²) in [4.78, 5) is 36.1. The first kappa shape index (κ1) is 22.8. The Morgan fingerprint density at radius 3 is 2.15 bits per heavy atom. The van der Waals surface area contributed by atoms with Crippen LogP contribution in [0.15, 0.2) is 66.7 Å². The number of carbonyl (C=O) groups excluding carboxylic acids is 2. The van der Waals surface area contributed by atoms with Gasteiger partial charge < -0.3 is 25.6 Å². The third-order valence-corrected chi connectivity index (χ3v) is 5.86. The maximum Gasteiger partial charge on any atom is 0.407 e. The van der Waals surface area contributed by atoms with Crippen LogP contribution in [0.25, 0.3) is 11.1 Å². The normalized spacial score (nSPS) is 12.9. The molecule has 1 aliphatic rings. The molecule has 0 saturated carbocycles. The molecule has 2 amide bonds. The molecular weight excluding hydrogens is 436 g/mol. The molecule has 1 atom stereocenters. The standard InChI is InChI=1S/C26H24N2O6/c1-2-22(24(30)27-15-11-12-20(25(31)32)23(29)13-15)28-26(33)34-14-21-18-9-5-3-7-16(18)17-8-4-6-10-19(17)21/h3-13,21-22,29H,2,14H2,1H3,(H,27,30)(H,28,33)(H,31,32). The topological polar surface area (TPSA) is 125 Å². The van der Waals surface area contributed by atoms with E-state index in [2.05, 4.69) is 10.6 Å². The molecule has 0 aromatic heterocycles. The Hall–Kier alpha value is -4.33. The lowest BCUT2D eigenvalue weighted by Crippen LogP contribution is -2.43. The van der Waals surface area contributed by atoms with Gasteiger partial charge in [-0.1, -0.05) is 55.5 Å². The highest BCUT2D eigenvalue weighted by Gasteiger charge is 2.29. The number of aromatic carboxylic acids is 1. The van der Waals surface area contributed by atoms with Crippen molar-refractivity contribution in [3.8, 4) is 16.9 Å². The molecule has 3 aromatic rings. The number of ether oxygens (including phenoxy) is 1. The minimum absolute atomic E-state index is 0.0946. The number of aromatic hydroxyl groups is 1. The van der Waals surface area contributed by atoms with Crippen LogP contribution >= 0.6 is 0 Å². The molecule has 174 valence electrons. The highest BCUT2D eigenvalue weighted by Crippen LogP contribution is 2.44. The Balaban J connectivity index is 1.38. The molecule has 8 heteroatoms. The summed E-state index contributed by atoms with van der Waals surface area (Å²) in [7, 11) is 0. The molecule has 3 aromatic carbocycles. The number of alkyl carbamates (subject to hydrolysis) is 1. The lowest BCUT2D eigenvalue weighted by Gasteiger charge is -2.19. The van der Waals surface area contributed by atoms with Gasteiger partial charge in [-0.25, -0.2) is 9.59 Å². The van der Waals surface area contributed by atoms with Gasteiger partial charge in [0.1, 0.15) is 24.0 Å². The van der Waals surface area contributed by atoms with Gasteiger partial charge in [-0.05, 0) is 40.8 Å². The number of rotatable bonds is 7. The van der Waals surface area contributed by atoms with E-state index in [0.29, 0.717) is 6.42 Å². The van der Waals surface area contributed by atoms with Gasteiger partial charge in [0.2, 0.25) is 5.91 Å². The molecule has 4 rings (SSSR count). The Bertz CT molecular complexity index is 1210. The predicted molar refractivity (Wildman–Crippen MR) is 126 cm³/mol. The molecule has 0 fully saturated rings. The molecule has 0 bridgehead atoms. The number of anilines is 1. The second-order valence-corrected chi connectivity index (χ2v) is 7.96. The second kappa shape index (κ2) is 9.66. The van der Waals surface area contributed by atoms with E-state index in [1.54, 1.807) is 6.92 Å². The predicted octanol–water partition coefficient (Wildman–Crippen LogP) is 4.35. The van der Waals surface area contributed by atoms with E-state index in [-0.39, 0.29) is 23.8 Å². The number of amides is 2. The quantitative estimate of drug-likeness (QED) is 0.416. The molecule has 34 heavy (non-hydrogen) atoms. The van der Waals surface area contributed by atoms with Crippen molar-refractivity contribution < 1.29 is 29.3 Å². The van der Waals surface area contributed by atoms with Gasteiger partial charge in [0.15, 0.2) is 0 Å². The minimum Gasteiger partial charge on any atom is -0.507 e. The number of hydrogen-bond acceptors (Lipinski definition) is 5. The van der Waals surface area contributed by atoms with Crippen LogP contribution in [0.2, 0.25) is 0 Å². The number of hydrogen-bond donors (Lipinski definition) is 4. The first-order valence-electron chi connectivity index (χ1n) is 10.9. The van der Waals surface area contributed by atoms with Gasteiger partial charge >= 0.3 is 12.1 Å². The summed E-state index contributed by atoms with van der Waals surface area (Å²) in [6.45, 7) is 1.86. The summed E-state index contributed by atoms with van der Waals surface area (Å²) < 4.78 is 5.50. The molecular formula is C26H24N2O6. The van der Waals surface area contributed by atoms with E-state index in [1.165, 1.54) is 12.1 Å². The monoisotopic (exact) mass is 460 g/mol. The molecule has 0 spiro atoms. The molecule has 0 aliphatic heterocycles. The van der Waals surface area contributed by atoms with Gasteiger partial charge in [-0.3, -0.25) is 4.79 Å². The summed E-state index contributed by atoms with van der Waals surface area (Å²) in [5.74, 6) is -2.36. The molecule has 1 aliphatic carbocycles. The van der Waals surface area contributed by atoms with Crippen LogP contribution in [-0.2, 0) is 9.53 Å². The average Bonchev–Trinajstić information content (AvgIpc) is 3.14. The Labute approximate surface area is 196 Å². The van der Waals surface area contributed by atoms with E-state index < -0.39 is 29.8 Å². The van der Waals surface area contributed by atoms with Crippen molar-refractivity contribution in [2.45, 2.75) is 25.3 Å². The van der Waals surface area contributed by atoms with Crippen molar-refractivity contribution in [1.29, 1.82) is 0 Å². The number of phenols is 1. The summed E-state index contributed by atoms with van der Waals surface area (Å²) in [6, 6.07) is 18.8. The van der Waals surface area contributed by atoms with Crippen molar-refractivity contribution in [2.24, 2.45) is 0 Å². The SMILES string of the molecule is CCC(NC(=O)OCC1c2ccccc2-c2ccccc21)C(=O)Nc1ccc(C(=O)O)c(O)c1. The first-order valence-corrected chi connectivity index (χ1v) is 10.9. The fourth-order valence-electron chi connectivity index (χ4n) is 4.15. The van der Waals surface area contributed by atoms with Gasteiger partial charge in [0, 0.05) is 17.7 Å². The third-order valence-electron chi connectivity index (χ3n) is 5.86. The zero-order valence-electron chi connectivity index (χ0n) is 18.4. The Morgan fingerprint density at radius 2 is 1.59 bits per heavy atom. The molecule has 8 nitrogen and oxygen atoms in total. The number of nitrogens with one attached hydrogen (secondary N) is 2. The number of carbonyl (C=O) groups is 3. The lowest BCUT2D eigenvalue weighted by atomic mass is 9.98. The maximum absolute atomic E-state index is 12.6. The summed E-state index contributed by atoms with van der Waals surface area (Å²) in [6.07, 6.45) is -0.414. The van der Waals surface area contributed by atoms with Crippen LogP contribution in [0.4, 0.5) is 10.5 Å². The van der Waals surface area contributed by atoms with Gasteiger partial charge in [0.05, 0.1) is 0 Å². The van der Waals surface area contributed by atoms with Crippen LogP contribution in [0.1, 0.15) is 40.7 Å². The maximum atomic E-state index is 12.6. The van der Waals surface area contributed by atoms with Crippen LogP contribution < -0.4 is 10.6 Å². The van der Waals surface area contributed by atoms with Crippen LogP contribution in [-0.4, -0.2) is 40.8 Å². The van der Waals surface area contributed by atoms with E-state index >= 15 is 0 Å². The van der Waals surface area contributed by atoms with Crippen LogP contribution in [0.5, 0.6) is 5.75 Å². The Kier molecular flexibility index (Phi) is 6.49. The highest BCUT2D eigenvalue weighted by molar-refractivity contribution is 5.98. The smallest absolute Gasteiger partial charge is 0.407 e. The van der Waals surface area contributed by atoms with E-state index in [1.807, 2.05) is 48.5 Å². The zero-order valence-corrected chi connectivity index (χ0v) is 18.4. The molecule has 0 heterocycles.